The van der Waals surface area contributed by atoms with Crippen LogP contribution in [-0.2, 0) is 21.4 Å². The molecule has 0 aliphatic carbocycles. The van der Waals surface area contributed by atoms with Crippen molar-refractivity contribution in [3.63, 3.8) is 0 Å². The topological polar surface area (TPSA) is 66.5 Å². The largest absolute Gasteiger partial charge is 0.325 e. The van der Waals surface area contributed by atoms with Crippen LogP contribution in [-0.4, -0.2) is 25.2 Å². The number of nitrogens with one attached hydrogen (secondary N) is 1. The average Bonchev–Trinajstić information content (AvgIpc) is 2.70. The highest BCUT2D eigenvalue weighted by molar-refractivity contribution is 7.89. The zero-order valence-electron chi connectivity index (χ0n) is 15.9. The third-order valence-electron chi connectivity index (χ3n) is 4.44. The predicted molar refractivity (Wildman–Crippen MR) is 115 cm³/mol. The number of amides is 1. The van der Waals surface area contributed by atoms with Crippen molar-refractivity contribution in [2.24, 2.45) is 0 Å². The molecule has 150 valence electrons. The number of para-hydroxylation sites is 1. The van der Waals surface area contributed by atoms with Crippen molar-refractivity contribution < 1.29 is 13.2 Å². The molecule has 0 heterocycles. The maximum absolute atomic E-state index is 13.3. The van der Waals surface area contributed by atoms with E-state index in [1.807, 2.05) is 37.3 Å². The van der Waals surface area contributed by atoms with E-state index in [0.717, 1.165) is 11.1 Å². The second kappa shape index (κ2) is 9.22. The van der Waals surface area contributed by atoms with E-state index in [9.17, 15) is 13.2 Å². The fourth-order valence-electron chi connectivity index (χ4n) is 2.84. The molecule has 0 saturated carbocycles. The molecule has 3 aromatic rings. The van der Waals surface area contributed by atoms with Crippen LogP contribution in [0.15, 0.2) is 83.8 Å². The first-order chi connectivity index (χ1) is 13.9. The van der Waals surface area contributed by atoms with Gasteiger partial charge in [0.25, 0.3) is 0 Å². The van der Waals surface area contributed by atoms with Crippen molar-refractivity contribution in [2.45, 2.75) is 18.4 Å². The van der Waals surface area contributed by atoms with Crippen LogP contribution in [0.1, 0.15) is 11.1 Å². The van der Waals surface area contributed by atoms with Crippen molar-refractivity contribution in [1.29, 1.82) is 0 Å². The van der Waals surface area contributed by atoms with Crippen molar-refractivity contribution in [1.82, 2.24) is 4.31 Å². The first kappa shape index (κ1) is 21.0. The van der Waals surface area contributed by atoms with E-state index in [1.165, 1.54) is 28.6 Å². The smallest absolute Gasteiger partial charge is 0.243 e. The van der Waals surface area contributed by atoms with Crippen LogP contribution in [0.4, 0.5) is 5.69 Å². The van der Waals surface area contributed by atoms with E-state index < -0.39 is 15.9 Å². The Morgan fingerprint density at radius 3 is 2.21 bits per heavy atom. The Kier molecular flexibility index (Phi) is 6.69. The summed E-state index contributed by atoms with van der Waals surface area (Å²) in [6, 6.07) is 22.3. The van der Waals surface area contributed by atoms with Crippen LogP contribution in [0, 0.1) is 6.92 Å². The molecular weight excluding hydrogens is 408 g/mol. The van der Waals surface area contributed by atoms with E-state index >= 15 is 0 Å². The van der Waals surface area contributed by atoms with Gasteiger partial charge in [0.1, 0.15) is 0 Å². The van der Waals surface area contributed by atoms with Gasteiger partial charge in [-0.3, -0.25) is 4.79 Å². The van der Waals surface area contributed by atoms with Crippen LogP contribution in [0.25, 0.3) is 0 Å². The van der Waals surface area contributed by atoms with Crippen LogP contribution >= 0.6 is 11.6 Å². The number of sulfonamides is 1. The normalized spacial score (nSPS) is 11.4. The number of anilines is 1. The van der Waals surface area contributed by atoms with Crippen molar-refractivity contribution in [3.8, 4) is 0 Å². The van der Waals surface area contributed by atoms with Gasteiger partial charge in [-0.05, 0) is 54.4 Å². The van der Waals surface area contributed by atoms with E-state index in [0.29, 0.717) is 10.7 Å². The molecule has 3 rings (SSSR count). The summed E-state index contributed by atoms with van der Waals surface area (Å²) < 4.78 is 27.7. The lowest BCUT2D eigenvalue weighted by Gasteiger charge is -2.23. The van der Waals surface area contributed by atoms with Crippen LogP contribution in [0.5, 0.6) is 0 Å². The SMILES string of the molecule is Cc1ccccc1CN(CC(=O)Nc1ccccc1)S(=O)(=O)c1ccc(Cl)cc1. The van der Waals surface area contributed by atoms with Gasteiger partial charge < -0.3 is 5.32 Å². The average molecular weight is 429 g/mol. The molecular formula is C22H21ClN2O3S. The summed E-state index contributed by atoms with van der Waals surface area (Å²) in [6.07, 6.45) is 0. The number of rotatable bonds is 7. The number of hydrogen-bond acceptors (Lipinski definition) is 3. The zero-order valence-corrected chi connectivity index (χ0v) is 17.5. The summed E-state index contributed by atoms with van der Waals surface area (Å²) in [5, 5.41) is 3.18. The van der Waals surface area contributed by atoms with Gasteiger partial charge in [0.2, 0.25) is 15.9 Å². The third-order valence-corrected chi connectivity index (χ3v) is 6.49. The fourth-order valence-corrected chi connectivity index (χ4v) is 4.34. The molecule has 5 nitrogen and oxygen atoms in total. The van der Waals surface area contributed by atoms with Crippen LogP contribution in [0.3, 0.4) is 0 Å². The van der Waals surface area contributed by atoms with Gasteiger partial charge in [-0.25, -0.2) is 8.42 Å². The number of hydrogen-bond donors (Lipinski definition) is 1. The molecule has 29 heavy (non-hydrogen) atoms. The van der Waals surface area contributed by atoms with E-state index in [2.05, 4.69) is 5.32 Å². The highest BCUT2D eigenvalue weighted by Crippen LogP contribution is 2.22. The Balaban J connectivity index is 1.89. The number of halogens is 1. The summed E-state index contributed by atoms with van der Waals surface area (Å²) in [4.78, 5) is 12.7. The number of carbonyl (C=O) groups excluding carboxylic acids is 1. The highest BCUT2D eigenvalue weighted by Gasteiger charge is 2.27. The summed E-state index contributed by atoms with van der Waals surface area (Å²) in [7, 11) is -3.91. The number of benzene rings is 3. The number of nitrogens with zero attached hydrogens (tertiary/aromatic N) is 1. The van der Waals surface area contributed by atoms with Crippen LogP contribution in [0.2, 0.25) is 5.02 Å². The quantitative estimate of drug-likeness (QED) is 0.603. The van der Waals surface area contributed by atoms with Gasteiger partial charge in [-0.15, -0.1) is 0 Å². The molecule has 7 heteroatoms. The number of aryl methyl sites for hydroxylation is 1. The molecule has 0 aliphatic heterocycles. The van der Waals surface area contributed by atoms with Gasteiger partial charge in [0, 0.05) is 17.3 Å². The summed E-state index contributed by atoms with van der Waals surface area (Å²) in [6.45, 7) is 1.68. The summed E-state index contributed by atoms with van der Waals surface area (Å²) in [5.41, 5.74) is 2.39. The van der Waals surface area contributed by atoms with Gasteiger partial charge >= 0.3 is 0 Å². The lowest BCUT2D eigenvalue weighted by atomic mass is 10.1. The molecule has 3 aromatic carbocycles. The Morgan fingerprint density at radius 1 is 0.931 bits per heavy atom. The lowest BCUT2D eigenvalue weighted by molar-refractivity contribution is -0.116. The third kappa shape index (κ3) is 5.44. The standard InChI is InChI=1S/C22H21ClN2O3S/c1-17-7-5-6-8-18(17)15-25(16-22(26)24-20-9-3-2-4-10-20)29(27,28)21-13-11-19(23)12-14-21/h2-14H,15-16H2,1H3,(H,24,26). The number of carbonyl (C=O) groups is 1. The predicted octanol–water partition coefficient (Wildman–Crippen LogP) is 4.48. The highest BCUT2D eigenvalue weighted by atomic mass is 35.5. The van der Waals surface area contributed by atoms with Crippen molar-refractivity contribution in [2.75, 3.05) is 11.9 Å². The van der Waals surface area contributed by atoms with E-state index in [-0.39, 0.29) is 18.0 Å². The minimum atomic E-state index is -3.91. The molecule has 0 aromatic heterocycles. The van der Waals surface area contributed by atoms with Crippen molar-refractivity contribution >= 4 is 33.2 Å². The minimum absolute atomic E-state index is 0.0832. The molecule has 1 N–H and O–H groups in total. The van der Waals surface area contributed by atoms with Gasteiger partial charge in [0.15, 0.2) is 0 Å². The van der Waals surface area contributed by atoms with E-state index in [4.69, 9.17) is 11.6 Å². The molecule has 0 bridgehead atoms. The monoisotopic (exact) mass is 428 g/mol. The zero-order chi connectivity index (χ0) is 20.9. The van der Waals surface area contributed by atoms with E-state index in [1.54, 1.807) is 24.3 Å². The maximum Gasteiger partial charge on any atom is 0.243 e. The first-order valence-corrected chi connectivity index (χ1v) is 10.8. The second-order valence-corrected chi connectivity index (χ2v) is 8.94. The minimum Gasteiger partial charge on any atom is -0.325 e. The Labute approximate surface area is 176 Å². The molecule has 0 fully saturated rings. The van der Waals surface area contributed by atoms with Gasteiger partial charge in [0.05, 0.1) is 11.4 Å². The van der Waals surface area contributed by atoms with Crippen molar-refractivity contribution in [3.05, 3.63) is 95.0 Å². The Morgan fingerprint density at radius 2 is 1.55 bits per heavy atom. The molecule has 0 spiro atoms. The lowest BCUT2D eigenvalue weighted by Crippen LogP contribution is -2.37. The Bertz CT molecular complexity index is 1080. The molecule has 0 atom stereocenters. The Hall–Kier alpha value is -2.67. The summed E-state index contributed by atoms with van der Waals surface area (Å²) >= 11 is 5.89. The molecule has 0 saturated heterocycles. The summed E-state index contributed by atoms with van der Waals surface area (Å²) in [5.74, 6) is -0.415. The van der Waals surface area contributed by atoms with Crippen LogP contribution < -0.4 is 5.32 Å². The van der Waals surface area contributed by atoms with Gasteiger partial charge in [-0.1, -0.05) is 54.1 Å². The first-order valence-electron chi connectivity index (χ1n) is 9.01. The maximum atomic E-state index is 13.3. The fraction of sp³-hybridized carbons (Fsp3) is 0.136. The molecule has 1 amide bonds. The molecule has 0 aliphatic rings. The molecule has 0 unspecified atom stereocenters. The van der Waals surface area contributed by atoms with Gasteiger partial charge in [-0.2, -0.15) is 4.31 Å². The second-order valence-electron chi connectivity index (χ2n) is 6.57. The molecule has 0 radical (unpaired) electrons.